The number of nitriles is 1. The third-order valence-corrected chi connectivity index (χ3v) is 12.1. The summed E-state index contributed by atoms with van der Waals surface area (Å²) in [5.41, 5.74) is -1.26. The molecule has 1 fully saturated rings. The standard InChI is InChI=1S/C29H33N3O6Si/c1-20(33)37-26-23(15-17-30)24(38-27(26)32-18-16-25(34)31-28(32)35)19-36-39(29(2,3)4,21-11-7-5-8-12-21)22-13-9-6-10-14-22/h5-14,16,18,23-24,26-27H,15,19H2,1-4H3,(H,31,34,35)/t23-,24-,26-,27-/m1/s1. The van der Waals surface area contributed by atoms with Gasteiger partial charge in [-0.25, -0.2) is 4.79 Å². The summed E-state index contributed by atoms with van der Waals surface area (Å²) in [5.74, 6) is -1.14. The van der Waals surface area contributed by atoms with E-state index in [2.05, 4.69) is 56.1 Å². The van der Waals surface area contributed by atoms with Gasteiger partial charge in [-0.3, -0.25) is 19.1 Å². The Hall–Kier alpha value is -3.78. The molecule has 1 aliphatic rings. The molecule has 1 aliphatic heterocycles. The Kier molecular flexibility index (Phi) is 8.35. The van der Waals surface area contributed by atoms with Crippen molar-refractivity contribution in [2.24, 2.45) is 5.92 Å². The summed E-state index contributed by atoms with van der Waals surface area (Å²) in [4.78, 5) is 38.6. The molecule has 0 saturated carbocycles. The summed E-state index contributed by atoms with van der Waals surface area (Å²) < 4.78 is 20.2. The van der Waals surface area contributed by atoms with E-state index in [1.807, 2.05) is 36.4 Å². The Morgan fingerprint density at radius 1 is 1.05 bits per heavy atom. The predicted octanol–water partition coefficient (Wildman–Crippen LogP) is 2.47. The number of benzene rings is 2. The maximum atomic E-state index is 12.6. The number of nitrogens with zero attached hydrogens (tertiary/aromatic N) is 2. The van der Waals surface area contributed by atoms with Crippen LogP contribution in [0, 0.1) is 17.2 Å². The maximum Gasteiger partial charge on any atom is 0.330 e. The minimum Gasteiger partial charge on any atom is -0.457 e. The predicted molar refractivity (Wildman–Crippen MR) is 148 cm³/mol. The summed E-state index contributed by atoms with van der Waals surface area (Å²) in [6, 6.07) is 23.6. The third-order valence-electron chi connectivity index (χ3n) is 7.13. The van der Waals surface area contributed by atoms with E-state index in [0.717, 1.165) is 10.4 Å². The van der Waals surface area contributed by atoms with Gasteiger partial charge in [0.25, 0.3) is 13.9 Å². The number of esters is 1. The van der Waals surface area contributed by atoms with Crippen LogP contribution in [0.1, 0.15) is 40.3 Å². The molecule has 9 nitrogen and oxygen atoms in total. The first kappa shape index (κ1) is 28.2. The fraction of sp³-hybridized carbons (Fsp3) is 0.379. The van der Waals surface area contributed by atoms with Crippen molar-refractivity contribution in [3.8, 4) is 6.07 Å². The molecule has 0 unspecified atom stereocenters. The number of hydrogen-bond acceptors (Lipinski definition) is 7. The van der Waals surface area contributed by atoms with Gasteiger partial charge >= 0.3 is 11.7 Å². The molecule has 1 saturated heterocycles. The summed E-state index contributed by atoms with van der Waals surface area (Å²) in [6.07, 6.45) is -1.32. The molecule has 204 valence electrons. The van der Waals surface area contributed by atoms with Crippen LogP contribution in [0.5, 0.6) is 0 Å². The van der Waals surface area contributed by atoms with Crippen molar-refractivity contribution >= 4 is 24.7 Å². The fourth-order valence-electron chi connectivity index (χ4n) is 5.45. The normalized spacial score (nSPS) is 21.3. The number of hydrogen-bond donors (Lipinski definition) is 1. The van der Waals surface area contributed by atoms with Gasteiger partial charge in [-0.05, 0) is 15.4 Å². The number of H-pyrrole nitrogens is 1. The molecule has 2 heterocycles. The molecule has 0 radical (unpaired) electrons. The van der Waals surface area contributed by atoms with E-state index in [4.69, 9.17) is 13.9 Å². The van der Waals surface area contributed by atoms with E-state index in [1.54, 1.807) is 0 Å². The first-order valence-electron chi connectivity index (χ1n) is 12.8. The Morgan fingerprint density at radius 2 is 1.64 bits per heavy atom. The van der Waals surface area contributed by atoms with E-state index in [-0.39, 0.29) is 18.1 Å². The molecule has 0 amide bonds. The number of aromatic amines is 1. The summed E-state index contributed by atoms with van der Waals surface area (Å²) in [6.45, 7) is 7.85. The average molecular weight is 548 g/mol. The highest BCUT2D eigenvalue weighted by Crippen LogP contribution is 2.41. The maximum absolute atomic E-state index is 12.6. The van der Waals surface area contributed by atoms with Gasteiger partial charge in [0.2, 0.25) is 0 Å². The van der Waals surface area contributed by atoms with Crippen LogP contribution in [0.3, 0.4) is 0 Å². The van der Waals surface area contributed by atoms with Crippen molar-refractivity contribution in [3.63, 3.8) is 0 Å². The van der Waals surface area contributed by atoms with E-state index < -0.39 is 49.9 Å². The van der Waals surface area contributed by atoms with E-state index in [9.17, 15) is 19.6 Å². The molecular formula is C29H33N3O6Si. The Labute approximate surface area is 228 Å². The van der Waals surface area contributed by atoms with E-state index >= 15 is 0 Å². The smallest absolute Gasteiger partial charge is 0.330 e. The minimum absolute atomic E-state index is 0.0152. The first-order chi connectivity index (χ1) is 18.6. The van der Waals surface area contributed by atoms with Gasteiger partial charge in [0.1, 0.15) is 0 Å². The highest BCUT2D eigenvalue weighted by atomic mass is 28.4. The number of carbonyl (C=O) groups excluding carboxylic acids is 1. The van der Waals surface area contributed by atoms with Gasteiger partial charge < -0.3 is 13.9 Å². The SMILES string of the molecule is CC(=O)O[C@@H]1[C@H](CC#N)[C@@H](CO[Si](c2ccccc2)(c2ccccc2)C(C)(C)C)O[C@H]1n1ccc(=O)[nH]c1=O. The zero-order valence-electron chi connectivity index (χ0n) is 22.5. The molecule has 4 atom stereocenters. The van der Waals surface area contributed by atoms with Crippen molar-refractivity contribution in [1.82, 2.24) is 9.55 Å². The number of aromatic nitrogens is 2. The summed E-state index contributed by atoms with van der Waals surface area (Å²) in [5, 5.41) is 11.5. The molecular weight excluding hydrogens is 514 g/mol. The van der Waals surface area contributed by atoms with Crippen molar-refractivity contribution in [2.75, 3.05) is 6.61 Å². The first-order valence-corrected chi connectivity index (χ1v) is 14.8. The van der Waals surface area contributed by atoms with Gasteiger partial charge in [0.15, 0.2) is 12.3 Å². The fourth-order valence-corrected chi connectivity index (χ4v) is 10.0. The summed E-state index contributed by atoms with van der Waals surface area (Å²) in [7, 11) is -2.93. The Bertz CT molecular complexity index is 1400. The largest absolute Gasteiger partial charge is 0.457 e. The van der Waals surface area contributed by atoms with Crippen LogP contribution >= 0.6 is 0 Å². The highest BCUT2D eigenvalue weighted by molar-refractivity contribution is 6.99. The van der Waals surface area contributed by atoms with Crippen molar-refractivity contribution < 1.29 is 18.7 Å². The average Bonchev–Trinajstić information content (AvgIpc) is 3.21. The molecule has 1 aromatic heterocycles. The highest BCUT2D eigenvalue weighted by Gasteiger charge is 2.53. The van der Waals surface area contributed by atoms with Crippen LogP contribution in [-0.4, -0.2) is 42.7 Å². The molecule has 39 heavy (non-hydrogen) atoms. The lowest BCUT2D eigenvalue weighted by Crippen LogP contribution is -2.67. The number of rotatable bonds is 8. The Morgan fingerprint density at radius 3 is 2.13 bits per heavy atom. The molecule has 2 aromatic carbocycles. The van der Waals surface area contributed by atoms with Crippen LogP contribution in [-0.2, 0) is 18.7 Å². The molecule has 1 N–H and O–H groups in total. The zero-order chi connectivity index (χ0) is 28.2. The van der Waals surface area contributed by atoms with Crippen molar-refractivity contribution in [1.29, 1.82) is 5.26 Å². The molecule has 3 aromatic rings. The van der Waals surface area contributed by atoms with Crippen molar-refractivity contribution in [3.05, 3.63) is 93.8 Å². The van der Waals surface area contributed by atoms with Gasteiger partial charge in [0.05, 0.1) is 18.8 Å². The van der Waals surface area contributed by atoms with Crippen LogP contribution in [0.25, 0.3) is 0 Å². The van der Waals surface area contributed by atoms with Gasteiger partial charge in [-0.2, -0.15) is 5.26 Å². The van der Waals surface area contributed by atoms with Crippen molar-refractivity contribution in [2.45, 2.75) is 57.6 Å². The van der Waals surface area contributed by atoms with Crippen LogP contribution in [0.4, 0.5) is 0 Å². The Balaban J connectivity index is 1.77. The molecule has 0 bridgehead atoms. The topological polar surface area (TPSA) is 123 Å². The second kappa shape index (κ2) is 11.5. The number of carbonyl (C=O) groups is 1. The molecule has 4 rings (SSSR count). The van der Waals surface area contributed by atoms with E-state index in [1.165, 1.54) is 23.8 Å². The lowest BCUT2D eigenvalue weighted by molar-refractivity contribution is -0.154. The molecule has 10 heteroatoms. The second-order valence-corrected chi connectivity index (χ2v) is 15.0. The number of ether oxygens (including phenoxy) is 2. The summed E-state index contributed by atoms with van der Waals surface area (Å²) >= 11 is 0. The van der Waals surface area contributed by atoms with Crippen LogP contribution < -0.4 is 21.6 Å². The lowest BCUT2D eigenvalue weighted by atomic mass is 9.95. The number of nitrogens with one attached hydrogen (secondary N) is 1. The van der Waals surface area contributed by atoms with Crippen LogP contribution in [0.2, 0.25) is 5.04 Å². The zero-order valence-corrected chi connectivity index (χ0v) is 23.5. The van der Waals surface area contributed by atoms with Gasteiger partial charge in [0, 0.05) is 31.5 Å². The second-order valence-electron chi connectivity index (χ2n) is 10.7. The van der Waals surface area contributed by atoms with Gasteiger partial charge in [-0.15, -0.1) is 0 Å². The quantitative estimate of drug-likeness (QED) is 0.339. The van der Waals surface area contributed by atoms with E-state index in [0.29, 0.717) is 0 Å². The monoisotopic (exact) mass is 547 g/mol. The third kappa shape index (κ3) is 5.66. The van der Waals surface area contributed by atoms with Crippen LogP contribution in [0.15, 0.2) is 82.5 Å². The minimum atomic E-state index is -2.93. The lowest BCUT2D eigenvalue weighted by Gasteiger charge is -2.43. The molecule has 0 aliphatic carbocycles. The van der Waals surface area contributed by atoms with Gasteiger partial charge in [-0.1, -0.05) is 81.4 Å². The molecule has 0 spiro atoms.